The fraction of sp³-hybridized carbons (Fsp3) is 0.455. The maximum atomic E-state index is 11.0. The number of hydrogen-bond donors (Lipinski definition) is 1. The highest BCUT2D eigenvalue weighted by atomic mass is 32.2. The Kier molecular flexibility index (Phi) is 4.61. The molecular formula is C11H17NO3S. The summed E-state index contributed by atoms with van der Waals surface area (Å²) in [6.07, 6.45) is 3.23. The van der Waals surface area contributed by atoms with Crippen molar-refractivity contribution in [1.82, 2.24) is 0 Å². The molecule has 0 saturated heterocycles. The van der Waals surface area contributed by atoms with Crippen molar-refractivity contribution >= 4 is 15.7 Å². The molecule has 5 heteroatoms. The highest BCUT2D eigenvalue weighted by molar-refractivity contribution is 7.92. The van der Waals surface area contributed by atoms with Crippen LogP contribution in [0.1, 0.15) is 19.8 Å². The molecule has 1 rings (SSSR count). The molecule has 0 aliphatic rings. The molecule has 0 fully saturated rings. The van der Waals surface area contributed by atoms with Gasteiger partial charge in [0.25, 0.3) is 0 Å². The molecule has 0 atom stereocenters. The van der Waals surface area contributed by atoms with E-state index >= 15 is 0 Å². The molecule has 90 valence electrons. The van der Waals surface area contributed by atoms with Crippen molar-refractivity contribution in [3.8, 4) is 5.75 Å². The number of unbranched alkanes of at least 4 members (excludes halogenated alkanes) is 1. The van der Waals surface area contributed by atoms with Gasteiger partial charge in [0.15, 0.2) is 0 Å². The van der Waals surface area contributed by atoms with Crippen LogP contribution in [0.2, 0.25) is 0 Å². The first-order valence-electron chi connectivity index (χ1n) is 5.22. The van der Waals surface area contributed by atoms with E-state index in [1.165, 1.54) is 0 Å². The van der Waals surface area contributed by atoms with Gasteiger partial charge in [0.05, 0.1) is 12.9 Å². The van der Waals surface area contributed by atoms with E-state index in [4.69, 9.17) is 4.74 Å². The van der Waals surface area contributed by atoms with Gasteiger partial charge in [-0.2, -0.15) is 0 Å². The SMILES string of the molecule is CCCCOc1ccc(NS(C)(=O)=O)cc1. The van der Waals surface area contributed by atoms with Crippen LogP contribution in [-0.2, 0) is 10.0 Å². The minimum absolute atomic E-state index is 0.547. The molecule has 0 unspecified atom stereocenters. The van der Waals surface area contributed by atoms with Crippen LogP contribution in [-0.4, -0.2) is 21.3 Å². The third-order valence-corrected chi connectivity index (χ3v) is 2.53. The van der Waals surface area contributed by atoms with E-state index < -0.39 is 10.0 Å². The van der Waals surface area contributed by atoms with E-state index in [1.807, 2.05) is 0 Å². The van der Waals surface area contributed by atoms with Gasteiger partial charge in [0, 0.05) is 5.69 Å². The fourth-order valence-electron chi connectivity index (χ4n) is 1.17. The zero-order valence-electron chi connectivity index (χ0n) is 9.56. The average molecular weight is 243 g/mol. The monoisotopic (exact) mass is 243 g/mol. The lowest BCUT2D eigenvalue weighted by Crippen LogP contribution is -2.09. The maximum absolute atomic E-state index is 11.0. The molecule has 16 heavy (non-hydrogen) atoms. The third kappa shape index (κ3) is 5.02. The molecule has 1 aromatic carbocycles. The van der Waals surface area contributed by atoms with E-state index in [9.17, 15) is 8.42 Å². The smallest absolute Gasteiger partial charge is 0.229 e. The molecule has 4 nitrogen and oxygen atoms in total. The summed E-state index contributed by atoms with van der Waals surface area (Å²) >= 11 is 0. The zero-order chi connectivity index (χ0) is 12.0. The van der Waals surface area contributed by atoms with E-state index in [1.54, 1.807) is 24.3 Å². The second-order valence-corrected chi connectivity index (χ2v) is 5.35. The Morgan fingerprint density at radius 2 is 1.88 bits per heavy atom. The maximum Gasteiger partial charge on any atom is 0.229 e. The summed E-state index contributed by atoms with van der Waals surface area (Å²) in [5.74, 6) is 0.757. The van der Waals surface area contributed by atoms with Gasteiger partial charge >= 0.3 is 0 Å². The molecule has 0 aromatic heterocycles. The summed E-state index contributed by atoms with van der Waals surface area (Å²) in [5.41, 5.74) is 0.547. The number of benzene rings is 1. The Bertz CT molecular complexity index is 411. The van der Waals surface area contributed by atoms with Crippen LogP contribution in [0.3, 0.4) is 0 Å². The van der Waals surface area contributed by atoms with Gasteiger partial charge in [-0.1, -0.05) is 13.3 Å². The molecule has 0 spiro atoms. The largest absolute Gasteiger partial charge is 0.494 e. The van der Waals surface area contributed by atoms with Gasteiger partial charge in [0.2, 0.25) is 10.0 Å². The molecule has 0 bridgehead atoms. The molecule has 0 saturated carbocycles. The van der Waals surface area contributed by atoms with Gasteiger partial charge in [-0.05, 0) is 30.7 Å². The van der Waals surface area contributed by atoms with Crippen LogP contribution in [0.15, 0.2) is 24.3 Å². The van der Waals surface area contributed by atoms with Crippen LogP contribution in [0, 0.1) is 0 Å². The van der Waals surface area contributed by atoms with Gasteiger partial charge < -0.3 is 4.74 Å². The van der Waals surface area contributed by atoms with Crippen LogP contribution < -0.4 is 9.46 Å². The molecule has 0 heterocycles. The lowest BCUT2D eigenvalue weighted by atomic mass is 10.3. The van der Waals surface area contributed by atoms with Crippen LogP contribution in [0.5, 0.6) is 5.75 Å². The van der Waals surface area contributed by atoms with Gasteiger partial charge in [-0.3, -0.25) is 4.72 Å². The number of anilines is 1. The highest BCUT2D eigenvalue weighted by Gasteiger charge is 2.01. The van der Waals surface area contributed by atoms with Crippen LogP contribution in [0.25, 0.3) is 0 Å². The predicted molar refractivity (Wildman–Crippen MR) is 65.3 cm³/mol. The summed E-state index contributed by atoms with van der Waals surface area (Å²) < 4.78 is 29.8. The van der Waals surface area contributed by atoms with Crippen molar-refractivity contribution in [2.75, 3.05) is 17.6 Å². The Labute approximate surface area is 96.7 Å². The van der Waals surface area contributed by atoms with Crippen LogP contribution >= 0.6 is 0 Å². The minimum atomic E-state index is -3.20. The Morgan fingerprint density at radius 3 is 2.38 bits per heavy atom. The number of hydrogen-bond acceptors (Lipinski definition) is 3. The Hall–Kier alpha value is -1.23. The number of sulfonamides is 1. The van der Waals surface area contributed by atoms with Gasteiger partial charge in [0.1, 0.15) is 5.75 Å². The molecule has 1 N–H and O–H groups in total. The summed E-state index contributed by atoms with van der Waals surface area (Å²) in [7, 11) is -3.20. The van der Waals surface area contributed by atoms with E-state index in [0.717, 1.165) is 24.8 Å². The van der Waals surface area contributed by atoms with E-state index in [-0.39, 0.29) is 0 Å². The predicted octanol–water partition coefficient (Wildman–Crippen LogP) is 2.24. The molecule has 0 aliphatic heterocycles. The Morgan fingerprint density at radius 1 is 1.25 bits per heavy atom. The minimum Gasteiger partial charge on any atom is -0.494 e. The van der Waals surface area contributed by atoms with Crippen molar-refractivity contribution in [2.45, 2.75) is 19.8 Å². The summed E-state index contributed by atoms with van der Waals surface area (Å²) in [4.78, 5) is 0. The number of nitrogens with one attached hydrogen (secondary N) is 1. The summed E-state index contributed by atoms with van der Waals surface area (Å²) in [5, 5.41) is 0. The second-order valence-electron chi connectivity index (χ2n) is 3.60. The molecule has 0 aliphatic carbocycles. The zero-order valence-corrected chi connectivity index (χ0v) is 10.4. The fourth-order valence-corrected chi connectivity index (χ4v) is 1.73. The van der Waals surface area contributed by atoms with Crippen molar-refractivity contribution < 1.29 is 13.2 Å². The lowest BCUT2D eigenvalue weighted by molar-refractivity contribution is 0.309. The van der Waals surface area contributed by atoms with Gasteiger partial charge in [-0.25, -0.2) is 8.42 Å². The number of ether oxygens (including phenoxy) is 1. The first kappa shape index (κ1) is 12.8. The molecule has 0 amide bonds. The first-order valence-corrected chi connectivity index (χ1v) is 7.11. The summed E-state index contributed by atoms with van der Waals surface area (Å²) in [6.45, 7) is 2.79. The summed E-state index contributed by atoms with van der Waals surface area (Å²) in [6, 6.07) is 6.87. The standard InChI is InChI=1S/C11H17NO3S/c1-3-4-9-15-11-7-5-10(6-8-11)12-16(2,13)14/h5-8,12H,3-4,9H2,1-2H3. The second kappa shape index (κ2) is 5.75. The molecular weight excluding hydrogens is 226 g/mol. The van der Waals surface area contributed by atoms with Crippen LogP contribution in [0.4, 0.5) is 5.69 Å². The quantitative estimate of drug-likeness (QED) is 0.779. The lowest BCUT2D eigenvalue weighted by Gasteiger charge is -2.07. The molecule has 1 aromatic rings. The van der Waals surface area contributed by atoms with Crippen molar-refractivity contribution in [1.29, 1.82) is 0 Å². The third-order valence-electron chi connectivity index (χ3n) is 1.92. The van der Waals surface area contributed by atoms with Crippen molar-refractivity contribution in [3.05, 3.63) is 24.3 Å². The van der Waals surface area contributed by atoms with Crippen molar-refractivity contribution in [2.24, 2.45) is 0 Å². The first-order chi connectivity index (χ1) is 7.51. The molecule has 0 radical (unpaired) electrons. The average Bonchev–Trinajstić information content (AvgIpc) is 2.19. The van der Waals surface area contributed by atoms with Crippen molar-refractivity contribution in [3.63, 3.8) is 0 Å². The van der Waals surface area contributed by atoms with Gasteiger partial charge in [-0.15, -0.1) is 0 Å². The van der Waals surface area contributed by atoms with E-state index in [2.05, 4.69) is 11.6 Å². The normalized spacial score (nSPS) is 11.1. The van der Waals surface area contributed by atoms with E-state index in [0.29, 0.717) is 12.3 Å². The topological polar surface area (TPSA) is 55.4 Å². The highest BCUT2D eigenvalue weighted by Crippen LogP contribution is 2.16. The number of rotatable bonds is 6. The Balaban J connectivity index is 2.54.